The maximum absolute atomic E-state index is 11.8. The van der Waals surface area contributed by atoms with Gasteiger partial charge in [0.1, 0.15) is 4.90 Å². The van der Waals surface area contributed by atoms with Crippen molar-refractivity contribution in [3.63, 3.8) is 0 Å². The first-order chi connectivity index (χ1) is 6.76. The average Bonchev–Trinajstić information content (AvgIpc) is 2.10. The van der Waals surface area contributed by atoms with E-state index in [4.69, 9.17) is 17.3 Å². The molecule has 4 nitrogen and oxygen atoms in total. The lowest BCUT2D eigenvalue weighted by Gasteiger charge is -2.13. The van der Waals surface area contributed by atoms with Crippen molar-refractivity contribution in [3.05, 3.63) is 21.6 Å². The highest BCUT2D eigenvalue weighted by Crippen LogP contribution is 2.31. The Labute approximate surface area is 102 Å². The third-order valence-electron chi connectivity index (χ3n) is 1.81. The zero-order valence-corrected chi connectivity index (χ0v) is 11.3. The van der Waals surface area contributed by atoms with Crippen LogP contribution in [0.5, 0.6) is 0 Å². The molecule has 0 heterocycles. The van der Waals surface area contributed by atoms with Gasteiger partial charge in [0.05, 0.1) is 5.02 Å². The van der Waals surface area contributed by atoms with Crippen molar-refractivity contribution in [2.24, 2.45) is 0 Å². The lowest BCUT2D eigenvalue weighted by atomic mass is 10.3. The minimum atomic E-state index is -3.53. The molecule has 0 saturated heterocycles. The first-order valence-electron chi connectivity index (χ1n) is 3.94. The number of halogens is 2. The predicted molar refractivity (Wildman–Crippen MR) is 64.4 cm³/mol. The summed E-state index contributed by atoms with van der Waals surface area (Å²) >= 11 is 8.98. The van der Waals surface area contributed by atoms with Gasteiger partial charge in [-0.3, -0.25) is 0 Å². The van der Waals surface area contributed by atoms with Crippen LogP contribution in [0.15, 0.2) is 21.5 Å². The van der Waals surface area contributed by atoms with E-state index in [1.54, 1.807) is 0 Å². The van der Waals surface area contributed by atoms with Crippen LogP contribution >= 0.6 is 27.5 Å². The Bertz CT molecular complexity index is 488. The van der Waals surface area contributed by atoms with E-state index in [-0.39, 0.29) is 9.92 Å². The molecule has 2 N–H and O–H groups in total. The molecule has 15 heavy (non-hydrogen) atoms. The quantitative estimate of drug-likeness (QED) is 0.849. The third-order valence-corrected chi connectivity index (χ3v) is 4.78. The number of rotatable bonds is 2. The highest BCUT2D eigenvalue weighted by atomic mass is 79.9. The topological polar surface area (TPSA) is 63.4 Å². The van der Waals surface area contributed by atoms with Crippen molar-refractivity contribution in [2.45, 2.75) is 4.90 Å². The molecule has 0 radical (unpaired) electrons. The number of nitrogens with zero attached hydrogens (tertiary/aromatic N) is 1. The van der Waals surface area contributed by atoms with Gasteiger partial charge >= 0.3 is 0 Å². The van der Waals surface area contributed by atoms with Gasteiger partial charge in [0.25, 0.3) is 0 Å². The fourth-order valence-electron chi connectivity index (χ4n) is 0.938. The molecule has 1 aromatic rings. The van der Waals surface area contributed by atoms with E-state index >= 15 is 0 Å². The van der Waals surface area contributed by atoms with Crippen LogP contribution in [-0.4, -0.2) is 26.8 Å². The second-order valence-electron chi connectivity index (χ2n) is 3.09. The zero-order valence-electron chi connectivity index (χ0n) is 8.16. The molecule has 0 saturated carbocycles. The number of hydrogen-bond donors (Lipinski definition) is 1. The molecule has 1 rings (SSSR count). The van der Waals surface area contributed by atoms with Crippen molar-refractivity contribution in [3.8, 4) is 0 Å². The van der Waals surface area contributed by atoms with Crippen molar-refractivity contribution in [1.29, 1.82) is 0 Å². The molecule has 0 aliphatic carbocycles. The molecule has 0 bridgehead atoms. The van der Waals surface area contributed by atoms with E-state index in [9.17, 15) is 8.42 Å². The lowest BCUT2D eigenvalue weighted by molar-refractivity contribution is 0.521. The van der Waals surface area contributed by atoms with E-state index in [1.807, 2.05) is 0 Å². The summed E-state index contributed by atoms with van der Waals surface area (Å²) in [4.78, 5) is 0.0373. The van der Waals surface area contributed by atoms with Gasteiger partial charge in [-0.1, -0.05) is 11.6 Å². The molecule has 0 aromatic heterocycles. The first kappa shape index (κ1) is 12.8. The molecule has 0 aliphatic rings. The molecular formula is C8H10BrClN2O2S. The predicted octanol–water partition coefficient (Wildman–Crippen LogP) is 1.94. The number of anilines is 1. The summed E-state index contributed by atoms with van der Waals surface area (Å²) < 4.78 is 25.2. The standard InChI is InChI=1S/C8H10BrClN2O2S/c1-12(2)15(13,14)8-3-5(9)7(11)4-6(8)10/h3-4H,11H2,1-2H3. The molecular weight excluding hydrogens is 304 g/mol. The van der Waals surface area contributed by atoms with Gasteiger partial charge < -0.3 is 5.73 Å². The van der Waals surface area contributed by atoms with Crippen LogP contribution < -0.4 is 5.73 Å². The van der Waals surface area contributed by atoms with Gasteiger partial charge in [0, 0.05) is 24.3 Å². The average molecular weight is 314 g/mol. The number of nitrogens with two attached hydrogens (primary N) is 1. The second kappa shape index (κ2) is 4.29. The van der Waals surface area contributed by atoms with Gasteiger partial charge in [-0.05, 0) is 28.1 Å². The number of hydrogen-bond acceptors (Lipinski definition) is 3. The minimum absolute atomic E-state index is 0.0373. The van der Waals surface area contributed by atoms with E-state index < -0.39 is 10.0 Å². The lowest BCUT2D eigenvalue weighted by Crippen LogP contribution is -2.22. The fraction of sp³-hybridized carbons (Fsp3) is 0.250. The van der Waals surface area contributed by atoms with E-state index in [1.165, 1.54) is 26.2 Å². The summed E-state index contributed by atoms with van der Waals surface area (Å²) in [5.74, 6) is 0. The summed E-state index contributed by atoms with van der Waals surface area (Å²) in [5.41, 5.74) is 5.97. The van der Waals surface area contributed by atoms with E-state index in [0.717, 1.165) is 4.31 Å². The molecule has 1 aromatic carbocycles. The van der Waals surface area contributed by atoms with Crippen LogP contribution in [0.2, 0.25) is 5.02 Å². The van der Waals surface area contributed by atoms with Crippen molar-refractivity contribution < 1.29 is 8.42 Å². The number of nitrogen functional groups attached to an aromatic ring is 1. The smallest absolute Gasteiger partial charge is 0.244 e. The summed E-state index contributed by atoms with van der Waals surface area (Å²) in [6.07, 6.45) is 0. The molecule has 0 aliphatic heterocycles. The van der Waals surface area contributed by atoms with E-state index in [0.29, 0.717) is 10.2 Å². The summed E-state index contributed by atoms with van der Waals surface area (Å²) in [5, 5.41) is 0.115. The zero-order chi connectivity index (χ0) is 11.8. The van der Waals surface area contributed by atoms with Crippen LogP contribution in [0, 0.1) is 0 Å². The van der Waals surface area contributed by atoms with Gasteiger partial charge in [0.2, 0.25) is 10.0 Å². The highest BCUT2D eigenvalue weighted by Gasteiger charge is 2.21. The van der Waals surface area contributed by atoms with E-state index in [2.05, 4.69) is 15.9 Å². The maximum Gasteiger partial charge on any atom is 0.244 e. The molecule has 84 valence electrons. The number of benzene rings is 1. The third kappa shape index (κ3) is 2.44. The molecule has 0 spiro atoms. The largest absolute Gasteiger partial charge is 0.398 e. The molecule has 7 heteroatoms. The Balaban J connectivity index is 3.46. The number of sulfonamides is 1. The van der Waals surface area contributed by atoms with Crippen molar-refractivity contribution in [2.75, 3.05) is 19.8 Å². The van der Waals surface area contributed by atoms with Crippen molar-refractivity contribution >= 4 is 43.2 Å². The Kier molecular flexibility index (Phi) is 3.65. The van der Waals surface area contributed by atoms with Crippen LogP contribution in [-0.2, 0) is 10.0 Å². The summed E-state index contributed by atoms with van der Waals surface area (Å²) in [6, 6.07) is 2.80. The second-order valence-corrected chi connectivity index (χ2v) is 6.47. The van der Waals surface area contributed by atoms with Crippen LogP contribution in [0.3, 0.4) is 0 Å². The molecule has 0 unspecified atom stereocenters. The highest BCUT2D eigenvalue weighted by molar-refractivity contribution is 9.10. The first-order valence-corrected chi connectivity index (χ1v) is 6.55. The van der Waals surface area contributed by atoms with Gasteiger partial charge in [-0.15, -0.1) is 0 Å². The summed E-state index contributed by atoms with van der Waals surface area (Å²) in [7, 11) is -0.650. The Morgan fingerprint density at radius 3 is 2.40 bits per heavy atom. The fourth-order valence-corrected chi connectivity index (χ4v) is 2.86. The Morgan fingerprint density at radius 1 is 1.40 bits per heavy atom. The Morgan fingerprint density at radius 2 is 1.93 bits per heavy atom. The molecule has 0 fully saturated rings. The van der Waals surface area contributed by atoms with Gasteiger partial charge in [-0.25, -0.2) is 12.7 Å². The molecule has 0 atom stereocenters. The minimum Gasteiger partial charge on any atom is -0.398 e. The molecule has 0 amide bonds. The Hall–Kier alpha value is -0.300. The van der Waals surface area contributed by atoms with Crippen LogP contribution in [0.25, 0.3) is 0 Å². The van der Waals surface area contributed by atoms with Crippen LogP contribution in [0.4, 0.5) is 5.69 Å². The van der Waals surface area contributed by atoms with Crippen LogP contribution in [0.1, 0.15) is 0 Å². The SMILES string of the molecule is CN(C)S(=O)(=O)c1cc(Br)c(N)cc1Cl. The van der Waals surface area contributed by atoms with Gasteiger partial charge in [0.15, 0.2) is 0 Å². The monoisotopic (exact) mass is 312 g/mol. The van der Waals surface area contributed by atoms with Crippen molar-refractivity contribution in [1.82, 2.24) is 4.31 Å². The normalized spacial score (nSPS) is 12.1. The summed E-state index contributed by atoms with van der Waals surface area (Å²) in [6.45, 7) is 0. The maximum atomic E-state index is 11.8. The van der Waals surface area contributed by atoms with Gasteiger partial charge in [-0.2, -0.15) is 0 Å².